The smallest absolute Gasteiger partial charge is 0.340 e. The summed E-state index contributed by atoms with van der Waals surface area (Å²) in [6, 6.07) is 9.27. The number of hydrogen-bond acceptors (Lipinski definition) is 7. The fourth-order valence-electron chi connectivity index (χ4n) is 3.22. The highest BCUT2D eigenvalue weighted by molar-refractivity contribution is 6.01. The van der Waals surface area contributed by atoms with E-state index < -0.39 is 11.9 Å². The van der Waals surface area contributed by atoms with E-state index in [0.29, 0.717) is 41.4 Å². The summed E-state index contributed by atoms with van der Waals surface area (Å²) >= 11 is 0. The monoisotopic (exact) mass is 425 g/mol. The number of esters is 1. The van der Waals surface area contributed by atoms with Gasteiger partial charge in [-0.2, -0.15) is 5.26 Å². The van der Waals surface area contributed by atoms with Crippen molar-refractivity contribution >= 4 is 17.8 Å². The van der Waals surface area contributed by atoms with Crippen LogP contribution in [0.15, 0.2) is 24.3 Å². The van der Waals surface area contributed by atoms with E-state index in [-0.39, 0.29) is 24.2 Å². The number of nitrogens with zero attached hydrogens (tertiary/aromatic N) is 2. The van der Waals surface area contributed by atoms with Gasteiger partial charge in [0.05, 0.1) is 25.0 Å². The lowest BCUT2D eigenvalue weighted by Gasteiger charge is -2.17. The van der Waals surface area contributed by atoms with Crippen LogP contribution in [-0.2, 0) is 9.53 Å². The molecule has 164 valence electrons. The van der Waals surface area contributed by atoms with Crippen molar-refractivity contribution < 1.29 is 24.2 Å². The molecule has 8 heteroatoms. The van der Waals surface area contributed by atoms with E-state index in [0.717, 1.165) is 12.8 Å². The van der Waals surface area contributed by atoms with E-state index in [1.807, 2.05) is 0 Å². The maximum Gasteiger partial charge on any atom is 0.340 e. The van der Waals surface area contributed by atoms with Crippen molar-refractivity contribution in [2.45, 2.75) is 39.5 Å². The standard InChI is InChI=1S/C23H27N3O5/c1-4-31-23(29)20-15(2)26-22(25-13-7-5-6-8-19(27)28)18(14-24)21(20)16-9-11-17(30-3)12-10-16/h9-12H,4-8,13H2,1-3H3,(H,25,26)(H,27,28). The quantitative estimate of drug-likeness (QED) is 0.406. The highest BCUT2D eigenvalue weighted by atomic mass is 16.5. The predicted molar refractivity (Wildman–Crippen MR) is 116 cm³/mol. The molecular weight excluding hydrogens is 398 g/mol. The molecule has 31 heavy (non-hydrogen) atoms. The van der Waals surface area contributed by atoms with E-state index in [2.05, 4.69) is 16.4 Å². The zero-order chi connectivity index (χ0) is 22.8. The number of unbranched alkanes of at least 4 members (excludes halogenated alkanes) is 2. The number of aliphatic carboxylic acids is 1. The molecule has 8 nitrogen and oxygen atoms in total. The van der Waals surface area contributed by atoms with Crippen LogP contribution < -0.4 is 10.1 Å². The molecule has 0 fully saturated rings. The second-order valence-corrected chi connectivity index (χ2v) is 6.86. The molecule has 2 N–H and O–H groups in total. The summed E-state index contributed by atoms with van der Waals surface area (Å²) in [6.07, 6.45) is 2.20. The van der Waals surface area contributed by atoms with Crippen LogP contribution >= 0.6 is 0 Å². The zero-order valence-corrected chi connectivity index (χ0v) is 18.0. The summed E-state index contributed by atoms with van der Waals surface area (Å²) in [7, 11) is 1.56. The highest BCUT2D eigenvalue weighted by Crippen LogP contribution is 2.34. The Bertz CT molecular complexity index is 965. The molecule has 0 aliphatic carbocycles. The fraction of sp³-hybridized carbons (Fsp3) is 0.391. The van der Waals surface area contributed by atoms with Crippen molar-refractivity contribution in [3.63, 3.8) is 0 Å². The second-order valence-electron chi connectivity index (χ2n) is 6.86. The SMILES string of the molecule is CCOC(=O)c1c(C)nc(NCCCCCC(=O)O)c(C#N)c1-c1ccc(OC)cc1. The summed E-state index contributed by atoms with van der Waals surface area (Å²) < 4.78 is 10.4. The Morgan fingerprint density at radius 3 is 2.48 bits per heavy atom. The van der Waals surface area contributed by atoms with Gasteiger partial charge in [0.2, 0.25) is 0 Å². The number of carboxylic acids is 1. The Labute approximate surface area is 181 Å². The Morgan fingerprint density at radius 1 is 1.19 bits per heavy atom. The van der Waals surface area contributed by atoms with Crippen molar-refractivity contribution in [2.24, 2.45) is 0 Å². The highest BCUT2D eigenvalue weighted by Gasteiger charge is 2.25. The van der Waals surface area contributed by atoms with E-state index >= 15 is 0 Å². The zero-order valence-electron chi connectivity index (χ0n) is 18.0. The lowest BCUT2D eigenvalue weighted by molar-refractivity contribution is -0.137. The number of hydrogen-bond donors (Lipinski definition) is 2. The van der Waals surface area contributed by atoms with Crippen molar-refractivity contribution in [1.29, 1.82) is 5.26 Å². The molecular formula is C23H27N3O5. The molecule has 2 rings (SSSR count). The Hall–Kier alpha value is -3.60. The summed E-state index contributed by atoms with van der Waals surface area (Å²) in [5.74, 6) is -0.298. The number of nitriles is 1. The minimum absolute atomic E-state index is 0.136. The Balaban J connectivity index is 2.42. The van der Waals surface area contributed by atoms with Gasteiger partial charge in [-0.05, 0) is 44.4 Å². The molecule has 0 amide bonds. The number of nitrogens with one attached hydrogen (secondary N) is 1. The van der Waals surface area contributed by atoms with Crippen LogP contribution in [0.2, 0.25) is 0 Å². The molecule has 0 saturated carbocycles. The number of carboxylic acid groups (broad SMARTS) is 1. The van der Waals surface area contributed by atoms with Gasteiger partial charge >= 0.3 is 11.9 Å². The van der Waals surface area contributed by atoms with Crippen molar-refractivity contribution in [3.05, 3.63) is 41.1 Å². The molecule has 0 aliphatic rings. The number of aryl methyl sites for hydroxylation is 1. The molecule has 2 aromatic rings. The molecule has 0 radical (unpaired) electrons. The minimum atomic E-state index is -0.810. The second kappa shape index (κ2) is 11.6. The normalized spacial score (nSPS) is 10.3. The average Bonchev–Trinajstić information content (AvgIpc) is 2.75. The molecule has 0 aliphatic heterocycles. The third kappa shape index (κ3) is 6.19. The topological polar surface area (TPSA) is 122 Å². The molecule has 1 heterocycles. The van der Waals surface area contributed by atoms with Crippen molar-refractivity contribution in [1.82, 2.24) is 4.98 Å². The van der Waals surface area contributed by atoms with Gasteiger partial charge in [-0.15, -0.1) is 0 Å². The number of aromatic nitrogens is 1. The summed E-state index contributed by atoms with van der Waals surface area (Å²) in [4.78, 5) is 27.8. The molecule has 0 spiro atoms. The van der Waals surface area contributed by atoms with Crippen LogP contribution in [0.4, 0.5) is 5.82 Å². The number of anilines is 1. The van der Waals surface area contributed by atoms with E-state index in [9.17, 15) is 14.9 Å². The minimum Gasteiger partial charge on any atom is -0.497 e. The first-order chi connectivity index (χ1) is 14.9. The number of carbonyl (C=O) groups is 2. The van der Waals surface area contributed by atoms with Gasteiger partial charge in [-0.25, -0.2) is 9.78 Å². The Kier molecular flexibility index (Phi) is 8.82. The molecule has 0 bridgehead atoms. The van der Waals surface area contributed by atoms with Gasteiger partial charge in [-0.1, -0.05) is 18.6 Å². The van der Waals surface area contributed by atoms with Gasteiger partial charge in [0.1, 0.15) is 23.2 Å². The number of ether oxygens (including phenoxy) is 2. The van der Waals surface area contributed by atoms with E-state index in [1.165, 1.54) is 0 Å². The van der Waals surface area contributed by atoms with Crippen LogP contribution in [0.3, 0.4) is 0 Å². The van der Waals surface area contributed by atoms with Gasteiger partial charge in [-0.3, -0.25) is 4.79 Å². The molecule has 0 saturated heterocycles. The number of methoxy groups -OCH3 is 1. The first-order valence-corrected chi connectivity index (χ1v) is 10.1. The summed E-state index contributed by atoms with van der Waals surface area (Å²) in [5.41, 5.74) is 2.11. The summed E-state index contributed by atoms with van der Waals surface area (Å²) in [5, 5.41) is 21.8. The van der Waals surface area contributed by atoms with Crippen molar-refractivity contribution in [2.75, 3.05) is 25.6 Å². The maximum absolute atomic E-state index is 12.7. The molecule has 1 aromatic heterocycles. The van der Waals surface area contributed by atoms with E-state index in [1.54, 1.807) is 45.2 Å². The largest absolute Gasteiger partial charge is 0.497 e. The third-order valence-corrected chi connectivity index (χ3v) is 4.71. The number of carbonyl (C=O) groups excluding carboxylic acids is 1. The number of rotatable bonds is 11. The number of pyridine rings is 1. The van der Waals surface area contributed by atoms with Crippen LogP contribution in [0.25, 0.3) is 11.1 Å². The lowest BCUT2D eigenvalue weighted by atomic mass is 9.94. The van der Waals surface area contributed by atoms with Gasteiger partial charge in [0.25, 0.3) is 0 Å². The average molecular weight is 425 g/mol. The molecule has 0 unspecified atom stereocenters. The van der Waals surface area contributed by atoms with Crippen LogP contribution in [0, 0.1) is 18.3 Å². The summed E-state index contributed by atoms with van der Waals surface area (Å²) in [6.45, 7) is 4.16. The number of benzene rings is 1. The third-order valence-electron chi connectivity index (χ3n) is 4.71. The fourth-order valence-corrected chi connectivity index (χ4v) is 3.22. The molecule has 1 aromatic carbocycles. The first kappa shape index (κ1) is 23.7. The first-order valence-electron chi connectivity index (χ1n) is 10.1. The van der Waals surface area contributed by atoms with E-state index in [4.69, 9.17) is 14.6 Å². The molecule has 0 atom stereocenters. The van der Waals surface area contributed by atoms with Gasteiger partial charge in [0, 0.05) is 18.5 Å². The van der Waals surface area contributed by atoms with Gasteiger partial charge in [0.15, 0.2) is 0 Å². The lowest BCUT2D eigenvalue weighted by Crippen LogP contribution is -2.15. The maximum atomic E-state index is 12.7. The van der Waals surface area contributed by atoms with Crippen LogP contribution in [0.1, 0.15) is 54.2 Å². The Morgan fingerprint density at radius 2 is 1.90 bits per heavy atom. The van der Waals surface area contributed by atoms with Gasteiger partial charge < -0.3 is 19.9 Å². The van der Waals surface area contributed by atoms with Crippen LogP contribution in [-0.4, -0.2) is 42.3 Å². The van der Waals surface area contributed by atoms with Crippen LogP contribution in [0.5, 0.6) is 5.75 Å². The predicted octanol–water partition coefficient (Wildman–Crippen LogP) is 4.17. The van der Waals surface area contributed by atoms with Crippen molar-refractivity contribution in [3.8, 4) is 22.9 Å².